The van der Waals surface area contributed by atoms with Crippen molar-refractivity contribution < 1.29 is 0 Å². The van der Waals surface area contributed by atoms with Crippen LogP contribution in [0.25, 0.3) is 0 Å². The summed E-state index contributed by atoms with van der Waals surface area (Å²) in [6.45, 7) is 3.05. The number of H-pyrrole nitrogens is 1. The van der Waals surface area contributed by atoms with E-state index in [1.807, 2.05) is 13.0 Å². The summed E-state index contributed by atoms with van der Waals surface area (Å²) in [4.78, 5) is 13.9. The Balaban J connectivity index is 2.26. The predicted molar refractivity (Wildman–Crippen MR) is 56.4 cm³/mol. The first-order valence-electron chi connectivity index (χ1n) is 5.20. The van der Waals surface area contributed by atoms with Gasteiger partial charge in [-0.05, 0) is 31.9 Å². The van der Waals surface area contributed by atoms with Gasteiger partial charge < -0.3 is 10.3 Å². The molecule has 0 spiro atoms. The van der Waals surface area contributed by atoms with Crippen LogP contribution >= 0.6 is 0 Å². The van der Waals surface area contributed by atoms with Crippen molar-refractivity contribution in [1.29, 1.82) is 0 Å². The van der Waals surface area contributed by atoms with Gasteiger partial charge in [0, 0.05) is 17.8 Å². The van der Waals surface area contributed by atoms with E-state index in [4.69, 9.17) is 0 Å². The average Bonchev–Trinajstić information content (AvgIpc) is 2.19. The second kappa shape index (κ2) is 3.96. The smallest absolute Gasteiger partial charge is 0.248 e. The maximum Gasteiger partial charge on any atom is 0.248 e. The van der Waals surface area contributed by atoms with Gasteiger partial charge in [-0.1, -0.05) is 12.5 Å². The Morgan fingerprint density at radius 1 is 1.36 bits per heavy atom. The number of aromatic nitrogens is 1. The van der Waals surface area contributed by atoms with Crippen LogP contribution in [0.15, 0.2) is 16.9 Å². The van der Waals surface area contributed by atoms with Gasteiger partial charge in [-0.3, -0.25) is 4.79 Å². The van der Waals surface area contributed by atoms with Crippen molar-refractivity contribution in [2.24, 2.45) is 0 Å². The monoisotopic (exact) mass is 192 g/mol. The number of nitrogens with one attached hydrogen (secondary N) is 2. The Hall–Kier alpha value is -1.09. The Labute approximate surface area is 83.5 Å². The zero-order valence-corrected chi connectivity index (χ0v) is 8.47. The van der Waals surface area contributed by atoms with E-state index < -0.39 is 0 Å². The van der Waals surface area contributed by atoms with E-state index in [1.165, 1.54) is 24.8 Å². The van der Waals surface area contributed by atoms with Crippen molar-refractivity contribution in [2.45, 2.75) is 32.2 Å². The van der Waals surface area contributed by atoms with Gasteiger partial charge in [0.05, 0.1) is 0 Å². The minimum atomic E-state index is -0.0120. The summed E-state index contributed by atoms with van der Waals surface area (Å²) in [5, 5.41) is 3.47. The summed E-state index contributed by atoms with van der Waals surface area (Å²) >= 11 is 0. The Morgan fingerprint density at radius 2 is 2.21 bits per heavy atom. The van der Waals surface area contributed by atoms with E-state index in [0.29, 0.717) is 6.04 Å². The Bertz CT molecular complexity index is 364. The van der Waals surface area contributed by atoms with E-state index in [-0.39, 0.29) is 5.56 Å². The summed E-state index contributed by atoms with van der Waals surface area (Å²) in [6, 6.07) is 3.98. The molecule has 0 saturated carbocycles. The molecule has 2 heterocycles. The molecule has 0 aliphatic carbocycles. The molecule has 14 heavy (non-hydrogen) atoms. The quantitative estimate of drug-likeness (QED) is 0.708. The van der Waals surface area contributed by atoms with Crippen LogP contribution in [0.4, 0.5) is 0 Å². The number of aryl methyl sites for hydroxylation is 1. The first-order chi connectivity index (χ1) is 6.77. The summed E-state index contributed by atoms with van der Waals surface area (Å²) in [6.07, 6.45) is 3.71. The third-order valence-electron chi connectivity index (χ3n) is 2.84. The highest BCUT2D eigenvalue weighted by Gasteiger charge is 2.16. The predicted octanol–water partition coefficient (Wildman–Crippen LogP) is 1.50. The fourth-order valence-electron chi connectivity index (χ4n) is 2.08. The van der Waals surface area contributed by atoms with E-state index in [2.05, 4.69) is 10.3 Å². The molecular formula is C11H16N2O. The van der Waals surface area contributed by atoms with E-state index in [0.717, 1.165) is 12.2 Å². The summed E-state index contributed by atoms with van der Waals surface area (Å²) in [5.74, 6) is 0. The maximum atomic E-state index is 11.0. The molecule has 0 aromatic carbocycles. The topological polar surface area (TPSA) is 44.9 Å². The van der Waals surface area contributed by atoms with Crippen molar-refractivity contribution in [3.63, 3.8) is 0 Å². The van der Waals surface area contributed by atoms with Crippen LogP contribution in [0.1, 0.15) is 36.6 Å². The molecule has 0 amide bonds. The second-order valence-corrected chi connectivity index (χ2v) is 3.91. The van der Waals surface area contributed by atoms with Crippen LogP contribution in [-0.4, -0.2) is 11.5 Å². The molecule has 1 unspecified atom stereocenters. The maximum absolute atomic E-state index is 11.0. The zero-order chi connectivity index (χ0) is 9.97. The van der Waals surface area contributed by atoms with Crippen molar-refractivity contribution >= 4 is 0 Å². The standard InChI is InChI=1S/C11H16N2O/c1-8-9(5-6-11(14)13-8)10-4-2-3-7-12-10/h5-6,10,12H,2-4,7H2,1H3,(H,13,14). The second-order valence-electron chi connectivity index (χ2n) is 3.91. The highest BCUT2D eigenvalue weighted by molar-refractivity contribution is 5.22. The first-order valence-corrected chi connectivity index (χ1v) is 5.20. The molecule has 1 atom stereocenters. The van der Waals surface area contributed by atoms with Gasteiger partial charge in [0.2, 0.25) is 5.56 Å². The number of hydrogen-bond acceptors (Lipinski definition) is 2. The van der Waals surface area contributed by atoms with Crippen LogP contribution in [0.2, 0.25) is 0 Å². The van der Waals surface area contributed by atoms with Crippen molar-refractivity contribution in [3.05, 3.63) is 33.7 Å². The minimum absolute atomic E-state index is 0.0120. The third-order valence-corrected chi connectivity index (χ3v) is 2.84. The van der Waals surface area contributed by atoms with Gasteiger partial charge in [-0.15, -0.1) is 0 Å². The van der Waals surface area contributed by atoms with Gasteiger partial charge in [-0.2, -0.15) is 0 Å². The van der Waals surface area contributed by atoms with Gasteiger partial charge in [0.1, 0.15) is 0 Å². The fraction of sp³-hybridized carbons (Fsp3) is 0.545. The minimum Gasteiger partial charge on any atom is -0.326 e. The number of hydrogen-bond donors (Lipinski definition) is 2. The molecule has 3 heteroatoms. The van der Waals surface area contributed by atoms with Crippen molar-refractivity contribution in [2.75, 3.05) is 6.54 Å². The fourth-order valence-corrected chi connectivity index (χ4v) is 2.08. The lowest BCUT2D eigenvalue weighted by molar-refractivity contribution is 0.410. The SMILES string of the molecule is Cc1[nH]c(=O)ccc1C1CCCCN1. The van der Waals surface area contributed by atoms with Crippen LogP contribution in [0.5, 0.6) is 0 Å². The number of pyridine rings is 1. The number of piperidine rings is 1. The van der Waals surface area contributed by atoms with Gasteiger partial charge in [-0.25, -0.2) is 0 Å². The lowest BCUT2D eigenvalue weighted by atomic mass is 9.97. The molecule has 1 aromatic rings. The van der Waals surface area contributed by atoms with Gasteiger partial charge in [0.25, 0.3) is 0 Å². The number of rotatable bonds is 1. The van der Waals surface area contributed by atoms with E-state index in [1.54, 1.807) is 6.07 Å². The molecule has 1 fully saturated rings. The Kier molecular flexibility index (Phi) is 2.68. The molecule has 1 aromatic heterocycles. The molecular weight excluding hydrogens is 176 g/mol. The molecule has 0 bridgehead atoms. The molecule has 1 aliphatic heterocycles. The number of aromatic amines is 1. The van der Waals surface area contributed by atoms with E-state index >= 15 is 0 Å². The largest absolute Gasteiger partial charge is 0.326 e. The van der Waals surface area contributed by atoms with Crippen LogP contribution in [0.3, 0.4) is 0 Å². The molecule has 2 N–H and O–H groups in total. The molecule has 76 valence electrons. The third kappa shape index (κ3) is 1.87. The van der Waals surface area contributed by atoms with Crippen LogP contribution in [-0.2, 0) is 0 Å². The normalized spacial score (nSPS) is 22.2. The highest BCUT2D eigenvalue weighted by Crippen LogP contribution is 2.23. The van der Waals surface area contributed by atoms with Gasteiger partial charge in [0.15, 0.2) is 0 Å². The molecule has 3 nitrogen and oxygen atoms in total. The van der Waals surface area contributed by atoms with Crippen molar-refractivity contribution in [3.8, 4) is 0 Å². The van der Waals surface area contributed by atoms with Crippen LogP contribution in [0, 0.1) is 6.92 Å². The molecule has 1 aliphatic rings. The summed E-state index contributed by atoms with van der Waals surface area (Å²) in [5.41, 5.74) is 2.23. The van der Waals surface area contributed by atoms with Crippen molar-refractivity contribution in [1.82, 2.24) is 10.3 Å². The van der Waals surface area contributed by atoms with Crippen LogP contribution < -0.4 is 10.9 Å². The van der Waals surface area contributed by atoms with E-state index in [9.17, 15) is 4.79 Å². The highest BCUT2D eigenvalue weighted by atomic mass is 16.1. The van der Waals surface area contributed by atoms with Gasteiger partial charge >= 0.3 is 0 Å². The Morgan fingerprint density at radius 3 is 2.86 bits per heavy atom. The lowest BCUT2D eigenvalue weighted by Gasteiger charge is -2.24. The first kappa shape index (κ1) is 9.46. The summed E-state index contributed by atoms with van der Waals surface area (Å²) < 4.78 is 0. The molecule has 0 radical (unpaired) electrons. The zero-order valence-electron chi connectivity index (χ0n) is 8.47. The molecule has 1 saturated heterocycles. The summed E-state index contributed by atoms with van der Waals surface area (Å²) in [7, 11) is 0. The average molecular weight is 192 g/mol. The molecule has 2 rings (SSSR count). The lowest BCUT2D eigenvalue weighted by Crippen LogP contribution is -2.28.